The lowest BCUT2D eigenvalue weighted by Crippen LogP contribution is -2.25. The molecule has 6 heteroatoms. The average molecular weight is 373 g/mol. The maximum atomic E-state index is 6.19. The molecule has 21 heavy (non-hydrogen) atoms. The Labute approximate surface area is 138 Å². The van der Waals surface area contributed by atoms with E-state index in [0.717, 1.165) is 34.6 Å². The number of rotatable bonds is 6. The lowest BCUT2D eigenvalue weighted by Gasteiger charge is -2.21. The topological polar surface area (TPSA) is 39.1 Å². The van der Waals surface area contributed by atoms with Gasteiger partial charge < -0.3 is 10.1 Å². The lowest BCUT2D eigenvalue weighted by atomic mass is 10.0. The van der Waals surface area contributed by atoms with E-state index >= 15 is 0 Å². The van der Waals surface area contributed by atoms with Gasteiger partial charge in [-0.1, -0.05) is 34.5 Å². The van der Waals surface area contributed by atoms with Gasteiger partial charge in [-0.05, 0) is 37.2 Å². The summed E-state index contributed by atoms with van der Waals surface area (Å²) >= 11 is 9.69. The fourth-order valence-electron chi connectivity index (χ4n) is 2.40. The van der Waals surface area contributed by atoms with E-state index in [0.29, 0.717) is 5.02 Å². The smallest absolute Gasteiger partial charge is 0.161 e. The molecule has 2 rings (SSSR count). The van der Waals surface area contributed by atoms with E-state index in [1.165, 1.54) is 0 Å². The Kier molecular flexibility index (Phi) is 5.67. The first-order valence-electron chi connectivity index (χ1n) is 6.89. The molecule has 1 N–H and O–H groups in total. The van der Waals surface area contributed by atoms with Crippen molar-refractivity contribution in [3.05, 3.63) is 45.1 Å². The van der Waals surface area contributed by atoms with Gasteiger partial charge in [0.1, 0.15) is 5.69 Å². The zero-order valence-electron chi connectivity index (χ0n) is 12.4. The maximum absolute atomic E-state index is 6.19. The van der Waals surface area contributed by atoms with Crippen LogP contribution in [0.15, 0.2) is 28.9 Å². The van der Waals surface area contributed by atoms with E-state index in [1.54, 1.807) is 13.3 Å². The van der Waals surface area contributed by atoms with Crippen molar-refractivity contribution < 1.29 is 4.74 Å². The number of hydrogen-bond donors (Lipinski definition) is 1. The largest absolute Gasteiger partial charge is 0.493 e. The van der Waals surface area contributed by atoms with E-state index in [1.807, 2.05) is 16.8 Å². The van der Waals surface area contributed by atoms with Crippen LogP contribution in [0.1, 0.15) is 31.1 Å². The molecule has 0 amide bonds. The van der Waals surface area contributed by atoms with Gasteiger partial charge in [0.2, 0.25) is 0 Å². The predicted octanol–water partition coefficient (Wildman–Crippen LogP) is 4.03. The molecule has 0 aliphatic heterocycles. The highest BCUT2D eigenvalue weighted by atomic mass is 79.9. The average Bonchev–Trinajstić information content (AvgIpc) is 2.86. The third-order valence-corrected chi connectivity index (χ3v) is 3.94. The van der Waals surface area contributed by atoms with Crippen LogP contribution in [0.25, 0.3) is 0 Å². The zero-order chi connectivity index (χ0) is 15.4. The molecule has 1 aromatic heterocycles. The molecular formula is C15H19BrClN3O. The number of ether oxygens (including phenoxy) is 1. The van der Waals surface area contributed by atoms with Crippen molar-refractivity contribution in [3.63, 3.8) is 0 Å². The summed E-state index contributed by atoms with van der Waals surface area (Å²) in [5.74, 6) is 0.777. The van der Waals surface area contributed by atoms with Crippen LogP contribution in [0.3, 0.4) is 0 Å². The number of aromatic nitrogens is 2. The Balaban J connectivity index is 2.55. The molecule has 1 heterocycles. The van der Waals surface area contributed by atoms with Crippen LogP contribution < -0.4 is 10.1 Å². The molecule has 0 saturated heterocycles. The van der Waals surface area contributed by atoms with Crippen molar-refractivity contribution in [1.82, 2.24) is 15.1 Å². The van der Waals surface area contributed by atoms with Crippen molar-refractivity contribution >= 4 is 27.5 Å². The summed E-state index contributed by atoms with van der Waals surface area (Å²) in [6, 6.07) is 5.88. The number of benzene rings is 1. The van der Waals surface area contributed by atoms with Crippen LogP contribution in [-0.2, 0) is 6.54 Å². The molecule has 114 valence electrons. The first-order chi connectivity index (χ1) is 10.1. The molecule has 1 unspecified atom stereocenters. The van der Waals surface area contributed by atoms with Gasteiger partial charge in [0.15, 0.2) is 5.75 Å². The standard InChI is InChI=1S/C15H19BrClN3O/c1-4-18-14(10-6-11(16)8-12(17)7-10)15-13(21-3)9-19-20(15)5-2/h6-9,14,18H,4-5H2,1-3H3. The number of methoxy groups -OCH3 is 1. The number of hydrogen-bond acceptors (Lipinski definition) is 3. The van der Waals surface area contributed by atoms with Crippen LogP contribution >= 0.6 is 27.5 Å². The summed E-state index contributed by atoms with van der Waals surface area (Å²) in [6.07, 6.45) is 1.75. The molecule has 1 atom stereocenters. The second kappa shape index (κ2) is 7.29. The van der Waals surface area contributed by atoms with E-state index in [9.17, 15) is 0 Å². The van der Waals surface area contributed by atoms with E-state index in [2.05, 4.69) is 46.3 Å². The van der Waals surface area contributed by atoms with Crippen LogP contribution in [0, 0.1) is 0 Å². The fourth-order valence-corrected chi connectivity index (χ4v) is 3.28. The third-order valence-electron chi connectivity index (χ3n) is 3.26. The Hall–Kier alpha value is -1.04. The van der Waals surface area contributed by atoms with Crippen LogP contribution in [0.4, 0.5) is 0 Å². The van der Waals surface area contributed by atoms with E-state index in [4.69, 9.17) is 16.3 Å². The normalized spacial score (nSPS) is 12.4. The molecule has 0 spiro atoms. The quantitative estimate of drug-likeness (QED) is 0.832. The SMILES string of the molecule is CCNC(c1cc(Cl)cc(Br)c1)c1c(OC)cnn1CC. The molecule has 0 radical (unpaired) electrons. The molecule has 4 nitrogen and oxygen atoms in total. The van der Waals surface area contributed by atoms with Gasteiger partial charge in [0.05, 0.1) is 19.3 Å². The first-order valence-corrected chi connectivity index (χ1v) is 8.06. The maximum Gasteiger partial charge on any atom is 0.161 e. The van der Waals surface area contributed by atoms with Gasteiger partial charge in [0, 0.05) is 16.0 Å². The summed E-state index contributed by atoms with van der Waals surface area (Å²) in [6.45, 7) is 5.74. The van der Waals surface area contributed by atoms with Crippen LogP contribution in [0.2, 0.25) is 5.02 Å². The second-order valence-corrected chi connectivity index (χ2v) is 5.96. The highest BCUT2D eigenvalue weighted by molar-refractivity contribution is 9.10. The Morgan fingerprint density at radius 2 is 2.14 bits per heavy atom. The summed E-state index contributed by atoms with van der Waals surface area (Å²) in [4.78, 5) is 0. The molecule has 1 aromatic carbocycles. The fraction of sp³-hybridized carbons (Fsp3) is 0.400. The highest BCUT2D eigenvalue weighted by Gasteiger charge is 2.23. The number of nitrogens with zero attached hydrogens (tertiary/aromatic N) is 2. The van der Waals surface area contributed by atoms with Gasteiger partial charge >= 0.3 is 0 Å². The molecule has 0 fully saturated rings. The Morgan fingerprint density at radius 1 is 1.38 bits per heavy atom. The van der Waals surface area contributed by atoms with Crippen molar-refractivity contribution in [2.24, 2.45) is 0 Å². The molecule has 0 aliphatic rings. The van der Waals surface area contributed by atoms with Crippen LogP contribution in [-0.4, -0.2) is 23.4 Å². The molecule has 0 aliphatic carbocycles. The van der Waals surface area contributed by atoms with E-state index < -0.39 is 0 Å². The number of aryl methyl sites for hydroxylation is 1. The summed E-state index contributed by atoms with van der Waals surface area (Å²) < 4.78 is 8.37. The molecule has 0 bridgehead atoms. The van der Waals surface area contributed by atoms with Gasteiger partial charge in [-0.25, -0.2) is 0 Å². The third kappa shape index (κ3) is 3.59. The molecular weight excluding hydrogens is 354 g/mol. The van der Waals surface area contributed by atoms with Crippen molar-refractivity contribution in [3.8, 4) is 5.75 Å². The van der Waals surface area contributed by atoms with Gasteiger partial charge in [-0.2, -0.15) is 5.10 Å². The van der Waals surface area contributed by atoms with E-state index in [-0.39, 0.29) is 6.04 Å². The Morgan fingerprint density at radius 3 is 2.71 bits per heavy atom. The van der Waals surface area contributed by atoms with Gasteiger partial charge in [-0.3, -0.25) is 4.68 Å². The lowest BCUT2D eigenvalue weighted by molar-refractivity contribution is 0.399. The summed E-state index contributed by atoms with van der Waals surface area (Å²) in [7, 11) is 1.66. The summed E-state index contributed by atoms with van der Waals surface area (Å²) in [5, 5.41) is 8.57. The zero-order valence-corrected chi connectivity index (χ0v) is 14.7. The number of nitrogens with one attached hydrogen (secondary N) is 1. The minimum atomic E-state index is -0.0256. The van der Waals surface area contributed by atoms with Crippen molar-refractivity contribution in [1.29, 1.82) is 0 Å². The second-order valence-electron chi connectivity index (χ2n) is 4.61. The molecule has 0 saturated carbocycles. The summed E-state index contributed by atoms with van der Waals surface area (Å²) in [5.41, 5.74) is 2.08. The van der Waals surface area contributed by atoms with Crippen LogP contribution in [0.5, 0.6) is 5.75 Å². The predicted molar refractivity (Wildman–Crippen MR) is 89.1 cm³/mol. The monoisotopic (exact) mass is 371 g/mol. The van der Waals surface area contributed by atoms with Crippen molar-refractivity contribution in [2.45, 2.75) is 26.4 Å². The van der Waals surface area contributed by atoms with Crippen molar-refractivity contribution in [2.75, 3.05) is 13.7 Å². The Bertz CT molecular complexity index is 573. The molecule has 2 aromatic rings. The minimum Gasteiger partial charge on any atom is -0.493 e. The highest BCUT2D eigenvalue weighted by Crippen LogP contribution is 2.32. The number of halogens is 2. The van der Waals surface area contributed by atoms with Gasteiger partial charge in [-0.15, -0.1) is 0 Å². The van der Waals surface area contributed by atoms with Gasteiger partial charge in [0.25, 0.3) is 0 Å². The first kappa shape index (κ1) is 16.3. The minimum absolute atomic E-state index is 0.0256.